The molecule has 0 heterocycles. The quantitative estimate of drug-likeness (QED) is 0.481. The number of aryl methyl sites for hydroxylation is 1. The fraction of sp³-hybridized carbons (Fsp3) is 0.286. The van der Waals surface area contributed by atoms with Crippen molar-refractivity contribution < 1.29 is 34.8 Å². The van der Waals surface area contributed by atoms with Crippen LogP contribution in [0.5, 0.6) is 11.5 Å². The van der Waals surface area contributed by atoms with Gasteiger partial charge in [-0.1, -0.05) is 0 Å². The first-order valence-corrected chi connectivity index (χ1v) is 6.45. The Labute approximate surface area is 129 Å². The summed E-state index contributed by atoms with van der Waals surface area (Å²) in [5.74, 6) is -5.20. The molecule has 0 saturated heterocycles. The molecule has 1 aromatic rings. The molecule has 1 unspecified atom stereocenters. The predicted octanol–water partition coefficient (Wildman–Crippen LogP) is -0.186. The van der Waals surface area contributed by atoms with E-state index in [0.717, 1.165) is 12.1 Å². The number of carbonyl (C=O) groups is 3. The molecule has 9 nitrogen and oxygen atoms in total. The second kappa shape index (κ2) is 7.25. The number of carboxylic acid groups (broad SMARTS) is 2. The van der Waals surface area contributed by atoms with Crippen LogP contribution in [0.25, 0.3) is 0 Å². The van der Waals surface area contributed by atoms with Crippen molar-refractivity contribution in [2.24, 2.45) is 0 Å². The van der Waals surface area contributed by atoms with E-state index in [1.807, 2.05) is 0 Å². The molecular weight excluding hydrogens is 310 g/mol. The fourth-order valence-corrected chi connectivity index (χ4v) is 1.80. The van der Waals surface area contributed by atoms with Gasteiger partial charge in [0.1, 0.15) is 6.04 Å². The highest BCUT2D eigenvalue weighted by molar-refractivity contribution is 5.98. The van der Waals surface area contributed by atoms with E-state index in [2.05, 4.69) is 5.32 Å². The average Bonchev–Trinajstić information content (AvgIpc) is 2.54. The van der Waals surface area contributed by atoms with Crippen LogP contribution in [-0.4, -0.2) is 44.3 Å². The van der Waals surface area contributed by atoms with Gasteiger partial charge in [0, 0.05) is 12.0 Å². The summed E-state index contributed by atoms with van der Waals surface area (Å²) in [6, 6.07) is 0.318. The third-order valence-electron chi connectivity index (χ3n) is 3.02. The van der Waals surface area contributed by atoms with Crippen LogP contribution in [0.15, 0.2) is 16.9 Å². The van der Waals surface area contributed by atoms with Crippen LogP contribution in [0.3, 0.4) is 0 Å². The average molecular weight is 325 g/mol. The van der Waals surface area contributed by atoms with Crippen molar-refractivity contribution in [1.29, 1.82) is 0 Å². The van der Waals surface area contributed by atoms with Gasteiger partial charge >= 0.3 is 11.9 Å². The zero-order chi connectivity index (χ0) is 17.7. The van der Waals surface area contributed by atoms with E-state index in [4.69, 9.17) is 10.2 Å². The number of carboxylic acids is 2. The number of hydrogen-bond donors (Lipinski definition) is 5. The monoisotopic (exact) mass is 325 g/mol. The Hall–Kier alpha value is -3.10. The summed E-state index contributed by atoms with van der Waals surface area (Å²) in [7, 11) is 0. The summed E-state index contributed by atoms with van der Waals surface area (Å²) >= 11 is 0. The zero-order valence-electron chi connectivity index (χ0n) is 12.1. The molecule has 9 heteroatoms. The first-order valence-electron chi connectivity index (χ1n) is 6.45. The number of rotatable bonds is 6. The Bertz CT molecular complexity index is 713. The Kier molecular flexibility index (Phi) is 5.66. The highest BCUT2D eigenvalue weighted by Crippen LogP contribution is 2.16. The maximum Gasteiger partial charge on any atom is 0.326 e. The van der Waals surface area contributed by atoms with E-state index < -0.39 is 47.2 Å². The molecule has 23 heavy (non-hydrogen) atoms. The number of aromatic hydroxyl groups is 2. The van der Waals surface area contributed by atoms with E-state index >= 15 is 0 Å². The third-order valence-corrected chi connectivity index (χ3v) is 3.02. The molecule has 0 aliphatic carbocycles. The summed E-state index contributed by atoms with van der Waals surface area (Å²) < 4.78 is 0. The minimum atomic E-state index is -1.45. The zero-order valence-corrected chi connectivity index (χ0v) is 12.1. The Balaban J connectivity index is 3.12. The van der Waals surface area contributed by atoms with Gasteiger partial charge in [0.15, 0.2) is 11.5 Å². The van der Waals surface area contributed by atoms with Crippen LogP contribution in [0.2, 0.25) is 0 Å². The molecule has 124 valence electrons. The molecule has 0 spiro atoms. The summed E-state index contributed by atoms with van der Waals surface area (Å²) in [6.45, 7) is 1.38. The first-order chi connectivity index (χ1) is 10.6. The number of amides is 1. The van der Waals surface area contributed by atoms with Gasteiger partial charge in [-0.3, -0.25) is 14.4 Å². The van der Waals surface area contributed by atoms with Crippen molar-refractivity contribution >= 4 is 17.8 Å². The molecule has 0 bridgehead atoms. The van der Waals surface area contributed by atoms with Gasteiger partial charge in [0.25, 0.3) is 11.3 Å². The molecule has 0 aliphatic rings. The number of carbonyl (C=O) groups excluding carboxylic acids is 1. The summed E-state index contributed by atoms with van der Waals surface area (Å²) in [4.78, 5) is 45.1. The highest BCUT2D eigenvalue weighted by atomic mass is 16.4. The van der Waals surface area contributed by atoms with E-state index in [0.29, 0.717) is 0 Å². The normalized spacial score (nSPS) is 11.5. The van der Waals surface area contributed by atoms with Crippen molar-refractivity contribution in [3.05, 3.63) is 33.5 Å². The number of hydrogen-bond acceptors (Lipinski definition) is 6. The Morgan fingerprint density at radius 3 is 2.22 bits per heavy atom. The maximum atomic E-state index is 12.1. The lowest BCUT2D eigenvalue weighted by atomic mass is 10.1. The topological polar surface area (TPSA) is 161 Å². The van der Waals surface area contributed by atoms with Crippen LogP contribution in [-0.2, 0) is 9.59 Å². The van der Waals surface area contributed by atoms with Gasteiger partial charge in [0.05, 0.1) is 0 Å². The smallest absolute Gasteiger partial charge is 0.326 e. The molecule has 0 aromatic heterocycles. The number of nitrogens with one attached hydrogen (secondary N) is 1. The molecule has 5 N–H and O–H groups in total. The molecule has 1 atom stereocenters. The molecular formula is C14H15NO8. The van der Waals surface area contributed by atoms with Gasteiger partial charge < -0.3 is 25.7 Å². The first kappa shape index (κ1) is 18.0. The van der Waals surface area contributed by atoms with Crippen molar-refractivity contribution in [3.63, 3.8) is 0 Å². The molecule has 0 fully saturated rings. The van der Waals surface area contributed by atoms with Crippen LogP contribution in [0, 0.1) is 6.92 Å². The summed E-state index contributed by atoms with van der Waals surface area (Å²) in [6.07, 6.45) is -0.798. The van der Waals surface area contributed by atoms with Crippen LogP contribution in [0.4, 0.5) is 0 Å². The van der Waals surface area contributed by atoms with Crippen LogP contribution in [0.1, 0.15) is 28.8 Å². The summed E-state index contributed by atoms with van der Waals surface area (Å²) in [5.41, 5.74) is -1.17. The minimum Gasteiger partial charge on any atom is -0.504 e. The molecule has 0 radical (unpaired) electrons. The minimum absolute atomic E-state index is 0.125. The van der Waals surface area contributed by atoms with Gasteiger partial charge in [-0.2, -0.15) is 0 Å². The lowest BCUT2D eigenvalue weighted by molar-refractivity contribution is -0.140. The summed E-state index contributed by atoms with van der Waals surface area (Å²) in [5, 5.41) is 38.6. The number of aliphatic carboxylic acids is 2. The maximum absolute atomic E-state index is 12.1. The lowest BCUT2D eigenvalue weighted by Gasteiger charge is -2.13. The van der Waals surface area contributed by atoms with Crippen LogP contribution < -0.4 is 10.7 Å². The third kappa shape index (κ3) is 4.70. The molecule has 0 saturated carbocycles. The lowest BCUT2D eigenvalue weighted by Crippen LogP contribution is -2.41. The molecule has 0 aliphatic heterocycles. The van der Waals surface area contributed by atoms with Gasteiger partial charge in [-0.25, -0.2) is 4.79 Å². The van der Waals surface area contributed by atoms with Crippen molar-refractivity contribution in [1.82, 2.24) is 5.32 Å². The van der Waals surface area contributed by atoms with Crippen LogP contribution >= 0.6 is 0 Å². The van der Waals surface area contributed by atoms with Crippen molar-refractivity contribution in [2.75, 3.05) is 0 Å². The van der Waals surface area contributed by atoms with Gasteiger partial charge in [0.2, 0.25) is 0 Å². The second-order valence-electron chi connectivity index (χ2n) is 4.78. The largest absolute Gasteiger partial charge is 0.504 e. The Morgan fingerprint density at radius 1 is 1.13 bits per heavy atom. The molecule has 1 aromatic carbocycles. The van der Waals surface area contributed by atoms with E-state index in [-0.39, 0.29) is 17.5 Å². The van der Waals surface area contributed by atoms with Gasteiger partial charge in [-0.05, 0) is 31.0 Å². The highest BCUT2D eigenvalue weighted by Gasteiger charge is 2.23. The molecule has 1 amide bonds. The van der Waals surface area contributed by atoms with Crippen molar-refractivity contribution in [3.8, 4) is 11.5 Å². The van der Waals surface area contributed by atoms with E-state index in [9.17, 15) is 29.4 Å². The van der Waals surface area contributed by atoms with Gasteiger partial charge in [-0.15, -0.1) is 0 Å². The predicted molar refractivity (Wildman–Crippen MR) is 76.5 cm³/mol. The second-order valence-corrected chi connectivity index (χ2v) is 4.78. The fourth-order valence-electron chi connectivity index (χ4n) is 1.80. The van der Waals surface area contributed by atoms with Crippen molar-refractivity contribution in [2.45, 2.75) is 25.8 Å². The SMILES string of the molecule is Cc1cc(O)c(=O)c(O)cc1C(=O)NC(CCC(=O)O)C(=O)O. The molecule has 1 rings (SSSR count). The van der Waals surface area contributed by atoms with E-state index in [1.165, 1.54) is 6.92 Å². The standard InChI is InChI=1S/C14H15NO8/c1-6-4-9(16)12(20)10(17)5-7(6)13(21)15-8(14(22)23)2-3-11(18)19/h4-5,8H,2-3H2,1H3,(H,15,21)(H,18,19)(H,22,23)(H2,16,17,20). The van der Waals surface area contributed by atoms with E-state index in [1.54, 1.807) is 0 Å². The Morgan fingerprint density at radius 2 is 1.70 bits per heavy atom.